The van der Waals surface area contributed by atoms with E-state index < -0.39 is 74.6 Å². The van der Waals surface area contributed by atoms with E-state index in [9.17, 15) is 45.6 Å². The number of unbranched alkanes of at least 4 members (excludes halogenated alkanes) is 11. The third kappa shape index (κ3) is 13.4. The zero-order valence-corrected chi connectivity index (χ0v) is 31.5. The van der Waals surface area contributed by atoms with Gasteiger partial charge in [-0.3, -0.25) is 4.79 Å². The number of rotatable bonds is 24. The lowest BCUT2D eigenvalue weighted by molar-refractivity contribution is -0.323. The largest absolute Gasteiger partial charge is 0.462 e. The summed E-state index contributed by atoms with van der Waals surface area (Å²) in [6.45, 7) is 1.20. The average molecular weight is 769 g/mol. The minimum absolute atomic E-state index is 0.0292. The molecule has 3 heterocycles. The molecule has 1 aromatic carbocycles. The topological polar surface area (TPSA) is 244 Å². The summed E-state index contributed by atoms with van der Waals surface area (Å²) in [5.41, 5.74) is 1.78. The number of carbonyl (C=O) groups excluding carboxylic acids is 1. The summed E-state index contributed by atoms with van der Waals surface area (Å²) in [5.74, 6) is 0.343. The van der Waals surface area contributed by atoms with Crippen LogP contribution in [0.25, 0.3) is 10.9 Å². The number of aromatic nitrogens is 1. The van der Waals surface area contributed by atoms with E-state index in [1.54, 1.807) is 18.2 Å². The molecule has 10 N–H and O–H groups in total. The molecule has 0 saturated carbocycles. The fourth-order valence-corrected chi connectivity index (χ4v) is 7.04. The van der Waals surface area contributed by atoms with Crippen LogP contribution in [0.15, 0.2) is 24.4 Å². The standard InChI is InChI=1S/C39H64N2O13/c1-24(43)14-12-10-8-6-4-2-3-5-7-9-11-13-15-31(44)40-19-18-25-21-41-28-17-16-26(20-27(25)28)52-39-37(50)35(48)33(46)30(54-39)23-51-38-36(49)34(47)32(45)29(22-42)53-38/h16-17,20-21,24,29-30,32-39,41-43,45-50H,2-15,18-19,22-23H2,1H3,(H,40,44). The van der Waals surface area contributed by atoms with Crippen molar-refractivity contribution in [3.05, 3.63) is 30.0 Å². The van der Waals surface area contributed by atoms with Crippen LogP contribution in [-0.4, -0.2) is 139 Å². The van der Waals surface area contributed by atoms with Crippen LogP contribution in [0.5, 0.6) is 5.75 Å². The molecule has 0 bridgehead atoms. The molecule has 1 amide bonds. The van der Waals surface area contributed by atoms with Crippen LogP contribution in [0.2, 0.25) is 0 Å². The first-order valence-electron chi connectivity index (χ1n) is 19.8. The normalized spacial score (nSPS) is 29.4. The first-order valence-corrected chi connectivity index (χ1v) is 19.8. The summed E-state index contributed by atoms with van der Waals surface area (Å²) in [6, 6.07) is 5.19. The number of aromatic amines is 1. The molecule has 1 aromatic heterocycles. The van der Waals surface area contributed by atoms with Crippen LogP contribution >= 0.6 is 0 Å². The van der Waals surface area contributed by atoms with Gasteiger partial charge in [0.2, 0.25) is 12.2 Å². The van der Waals surface area contributed by atoms with E-state index in [0.29, 0.717) is 25.1 Å². The van der Waals surface area contributed by atoms with E-state index in [-0.39, 0.29) is 12.0 Å². The Bertz CT molecular complexity index is 1360. The first-order chi connectivity index (χ1) is 26.0. The molecule has 2 aliphatic heterocycles. The molecule has 2 saturated heterocycles. The van der Waals surface area contributed by atoms with Gasteiger partial charge in [-0.1, -0.05) is 70.6 Å². The lowest BCUT2D eigenvalue weighted by atomic mass is 9.98. The van der Waals surface area contributed by atoms with Crippen molar-refractivity contribution < 1.29 is 64.6 Å². The van der Waals surface area contributed by atoms with Crippen LogP contribution in [0, 0.1) is 0 Å². The maximum atomic E-state index is 12.5. The Kier molecular flexibility index (Phi) is 18.8. The molecule has 11 unspecified atom stereocenters. The number of aliphatic hydroxyl groups is 8. The van der Waals surface area contributed by atoms with E-state index in [1.165, 1.54) is 51.4 Å². The van der Waals surface area contributed by atoms with Gasteiger partial charge in [0.25, 0.3) is 0 Å². The third-order valence-electron chi connectivity index (χ3n) is 10.4. The number of nitrogens with one attached hydrogen (secondary N) is 2. The molecule has 2 fully saturated rings. The second-order valence-corrected chi connectivity index (χ2v) is 14.9. The number of aliphatic hydroxyl groups excluding tert-OH is 8. The molecule has 308 valence electrons. The first kappa shape index (κ1) is 44.3. The molecule has 2 aromatic rings. The van der Waals surface area contributed by atoms with Gasteiger partial charge in [0.05, 0.1) is 19.3 Å². The van der Waals surface area contributed by atoms with Crippen molar-refractivity contribution in [2.24, 2.45) is 0 Å². The van der Waals surface area contributed by atoms with Crippen molar-refractivity contribution in [1.29, 1.82) is 0 Å². The monoisotopic (exact) mass is 768 g/mol. The second-order valence-electron chi connectivity index (χ2n) is 14.9. The highest BCUT2D eigenvalue weighted by atomic mass is 16.7. The minimum Gasteiger partial charge on any atom is -0.462 e. The van der Waals surface area contributed by atoms with Crippen LogP contribution in [0.1, 0.15) is 102 Å². The van der Waals surface area contributed by atoms with Crippen molar-refractivity contribution in [2.75, 3.05) is 19.8 Å². The molecule has 4 rings (SSSR count). The van der Waals surface area contributed by atoms with Crippen molar-refractivity contribution in [3.8, 4) is 5.75 Å². The molecule has 15 nitrogen and oxygen atoms in total. The quantitative estimate of drug-likeness (QED) is 0.0685. The number of hydrogen-bond acceptors (Lipinski definition) is 13. The van der Waals surface area contributed by atoms with Gasteiger partial charge in [0.15, 0.2) is 6.29 Å². The molecular weight excluding hydrogens is 704 g/mol. The maximum Gasteiger partial charge on any atom is 0.229 e. The molecule has 11 atom stereocenters. The average Bonchev–Trinajstić information content (AvgIpc) is 3.56. The molecule has 54 heavy (non-hydrogen) atoms. The Labute approximate surface area is 317 Å². The highest BCUT2D eigenvalue weighted by Gasteiger charge is 2.48. The smallest absolute Gasteiger partial charge is 0.229 e. The van der Waals surface area contributed by atoms with Crippen molar-refractivity contribution in [2.45, 2.75) is 171 Å². The van der Waals surface area contributed by atoms with Crippen molar-refractivity contribution >= 4 is 16.8 Å². The molecule has 0 aliphatic carbocycles. The molecular formula is C39H64N2O13. The second kappa shape index (κ2) is 23.0. The van der Waals surface area contributed by atoms with Crippen molar-refractivity contribution in [1.82, 2.24) is 10.3 Å². The fraction of sp³-hybridized carbons (Fsp3) is 0.769. The van der Waals surface area contributed by atoms with Crippen LogP contribution in [-0.2, 0) is 25.4 Å². The number of H-pyrrole nitrogens is 1. The Morgan fingerprint density at radius 3 is 1.98 bits per heavy atom. The highest BCUT2D eigenvalue weighted by Crippen LogP contribution is 2.30. The van der Waals surface area contributed by atoms with Gasteiger partial charge in [-0.25, -0.2) is 0 Å². The van der Waals surface area contributed by atoms with Crippen LogP contribution in [0.3, 0.4) is 0 Å². The van der Waals surface area contributed by atoms with E-state index in [1.807, 2.05) is 13.1 Å². The highest BCUT2D eigenvalue weighted by molar-refractivity contribution is 5.84. The Morgan fingerprint density at radius 1 is 0.778 bits per heavy atom. The summed E-state index contributed by atoms with van der Waals surface area (Å²) >= 11 is 0. The van der Waals surface area contributed by atoms with Crippen LogP contribution < -0.4 is 10.1 Å². The van der Waals surface area contributed by atoms with E-state index in [4.69, 9.17) is 18.9 Å². The summed E-state index contributed by atoms with van der Waals surface area (Å²) < 4.78 is 22.5. The van der Waals surface area contributed by atoms with E-state index in [0.717, 1.165) is 48.6 Å². The van der Waals surface area contributed by atoms with Gasteiger partial charge in [0.1, 0.15) is 54.6 Å². The zero-order chi connectivity index (χ0) is 39.0. The lowest BCUT2D eigenvalue weighted by Crippen LogP contribution is -2.62. The summed E-state index contributed by atoms with van der Waals surface area (Å²) in [7, 11) is 0. The predicted molar refractivity (Wildman–Crippen MR) is 198 cm³/mol. The van der Waals surface area contributed by atoms with Gasteiger partial charge in [-0.15, -0.1) is 0 Å². The Hall–Kier alpha value is -2.41. The lowest BCUT2D eigenvalue weighted by Gasteiger charge is -2.42. The zero-order valence-electron chi connectivity index (χ0n) is 31.5. The number of ether oxygens (including phenoxy) is 4. The molecule has 0 spiro atoms. The number of fused-ring (bicyclic) bond motifs is 1. The predicted octanol–water partition coefficient (Wildman–Crippen LogP) is 1.67. The number of benzene rings is 1. The molecule has 0 radical (unpaired) electrons. The summed E-state index contributed by atoms with van der Waals surface area (Å²) in [5, 5.41) is 84.6. The number of amides is 1. The van der Waals surface area contributed by atoms with Gasteiger partial charge in [-0.2, -0.15) is 0 Å². The maximum absolute atomic E-state index is 12.5. The van der Waals surface area contributed by atoms with E-state index in [2.05, 4.69) is 10.3 Å². The summed E-state index contributed by atoms with van der Waals surface area (Å²) in [6.07, 6.45) is 2.72. The van der Waals surface area contributed by atoms with Crippen LogP contribution in [0.4, 0.5) is 0 Å². The van der Waals surface area contributed by atoms with E-state index >= 15 is 0 Å². The number of hydrogen-bond donors (Lipinski definition) is 10. The van der Waals surface area contributed by atoms with Gasteiger partial charge in [0, 0.05) is 30.1 Å². The Balaban J connectivity index is 1.14. The van der Waals surface area contributed by atoms with Gasteiger partial charge < -0.3 is 70.1 Å². The Morgan fingerprint density at radius 2 is 1.35 bits per heavy atom. The van der Waals surface area contributed by atoms with Crippen molar-refractivity contribution in [3.63, 3.8) is 0 Å². The molecule has 2 aliphatic rings. The molecule has 15 heteroatoms. The van der Waals surface area contributed by atoms with Gasteiger partial charge >= 0.3 is 0 Å². The number of carbonyl (C=O) groups is 1. The SMILES string of the molecule is CC(O)CCCCCCCCCCCCCCC(=O)NCCc1c[nH]c2ccc(OC3OC(COC4OC(CO)C(O)C(O)C4O)C(O)C(O)C3O)cc12. The minimum atomic E-state index is -1.68. The summed E-state index contributed by atoms with van der Waals surface area (Å²) in [4.78, 5) is 15.7. The third-order valence-corrected chi connectivity index (χ3v) is 10.4. The van der Waals surface area contributed by atoms with Gasteiger partial charge in [-0.05, 0) is 49.9 Å². The fourth-order valence-electron chi connectivity index (χ4n) is 7.04.